The molecule has 0 radical (unpaired) electrons. The number of rotatable bonds is 7. The zero-order valence-corrected chi connectivity index (χ0v) is 10.5. The predicted molar refractivity (Wildman–Crippen MR) is 67.5 cm³/mol. The summed E-state index contributed by atoms with van der Waals surface area (Å²) >= 11 is 0. The van der Waals surface area contributed by atoms with E-state index in [9.17, 15) is 4.79 Å². The Hall–Kier alpha value is -1.51. The van der Waals surface area contributed by atoms with Gasteiger partial charge in [0.25, 0.3) is 0 Å². The van der Waals surface area contributed by atoms with Crippen molar-refractivity contribution in [3.05, 3.63) is 29.8 Å². The molecule has 1 aromatic carbocycles. The second kappa shape index (κ2) is 6.94. The molecule has 0 aliphatic heterocycles. The third-order valence-corrected chi connectivity index (χ3v) is 2.84. The van der Waals surface area contributed by atoms with E-state index in [0.29, 0.717) is 11.7 Å². The molecule has 0 amide bonds. The third-order valence-electron chi connectivity index (χ3n) is 2.84. The standard InChI is InChI=1S/C14H20O3/c1-3-5-11(4-2)12-6-8-13(9-7-12)17-10-14(15)16/h6-9,11H,3-5,10H2,1-2H3,(H,15,16). The molecule has 1 rings (SSSR count). The van der Waals surface area contributed by atoms with Gasteiger partial charge in [-0.1, -0.05) is 32.4 Å². The fourth-order valence-corrected chi connectivity index (χ4v) is 1.94. The van der Waals surface area contributed by atoms with Crippen LogP contribution in [-0.2, 0) is 4.79 Å². The molecular formula is C14H20O3. The first-order chi connectivity index (χ1) is 8.17. The minimum absolute atomic E-state index is 0.286. The molecule has 0 aliphatic carbocycles. The van der Waals surface area contributed by atoms with Crippen molar-refractivity contribution in [3.8, 4) is 5.75 Å². The van der Waals surface area contributed by atoms with Crippen molar-refractivity contribution < 1.29 is 14.6 Å². The Bertz CT molecular complexity index is 343. The first kappa shape index (κ1) is 13.6. The van der Waals surface area contributed by atoms with Crippen LogP contribution in [0, 0.1) is 0 Å². The van der Waals surface area contributed by atoms with Gasteiger partial charge in [0.2, 0.25) is 0 Å². The SMILES string of the molecule is CCCC(CC)c1ccc(OCC(=O)O)cc1. The maximum atomic E-state index is 10.4. The monoisotopic (exact) mass is 236 g/mol. The van der Waals surface area contributed by atoms with Crippen molar-refractivity contribution in [2.75, 3.05) is 6.61 Å². The lowest BCUT2D eigenvalue weighted by molar-refractivity contribution is -0.139. The van der Waals surface area contributed by atoms with Crippen LogP contribution < -0.4 is 4.74 Å². The quantitative estimate of drug-likeness (QED) is 0.788. The first-order valence-electron chi connectivity index (χ1n) is 6.11. The van der Waals surface area contributed by atoms with Gasteiger partial charge in [0.1, 0.15) is 5.75 Å². The molecule has 0 heterocycles. The van der Waals surface area contributed by atoms with E-state index in [4.69, 9.17) is 9.84 Å². The van der Waals surface area contributed by atoms with Crippen LogP contribution in [-0.4, -0.2) is 17.7 Å². The first-order valence-corrected chi connectivity index (χ1v) is 6.11. The maximum Gasteiger partial charge on any atom is 0.341 e. The highest BCUT2D eigenvalue weighted by molar-refractivity contribution is 5.68. The Morgan fingerprint density at radius 2 is 1.94 bits per heavy atom. The van der Waals surface area contributed by atoms with Gasteiger partial charge in [-0.2, -0.15) is 0 Å². The van der Waals surface area contributed by atoms with Gasteiger partial charge in [0, 0.05) is 0 Å². The number of hydrogen-bond acceptors (Lipinski definition) is 2. The zero-order valence-electron chi connectivity index (χ0n) is 10.5. The molecule has 17 heavy (non-hydrogen) atoms. The van der Waals surface area contributed by atoms with Gasteiger partial charge < -0.3 is 9.84 Å². The van der Waals surface area contributed by atoms with Gasteiger partial charge in [-0.15, -0.1) is 0 Å². The Labute approximate surface area is 102 Å². The van der Waals surface area contributed by atoms with Crippen LogP contribution in [0.3, 0.4) is 0 Å². The van der Waals surface area contributed by atoms with Crippen molar-refractivity contribution in [3.63, 3.8) is 0 Å². The number of carboxylic acids is 1. The van der Waals surface area contributed by atoms with Gasteiger partial charge in [-0.3, -0.25) is 0 Å². The number of aliphatic carboxylic acids is 1. The Balaban J connectivity index is 2.62. The second-order valence-corrected chi connectivity index (χ2v) is 4.15. The van der Waals surface area contributed by atoms with E-state index in [0.717, 1.165) is 6.42 Å². The Kier molecular flexibility index (Phi) is 5.53. The molecule has 0 bridgehead atoms. The number of carboxylic acid groups (broad SMARTS) is 1. The van der Waals surface area contributed by atoms with Crippen LogP contribution in [0.15, 0.2) is 24.3 Å². The van der Waals surface area contributed by atoms with Crippen molar-refractivity contribution >= 4 is 5.97 Å². The van der Waals surface area contributed by atoms with Crippen LogP contribution in [0.1, 0.15) is 44.6 Å². The van der Waals surface area contributed by atoms with Crippen molar-refractivity contribution in [2.24, 2.45) is 0 Å². The highest BCUT2D eigenvalue weighted by Crippen LogP contribution is 2.26. The summed E-state index contributed by atoms with van der Waals surface area (Å²) in [5, 5.41) is 8.50. The van der Waals surface area contributed by atoms with Gasteiger partial charge in [-0.25, -0.2) is 4.79 Å². The lowest BCUT2D eigenvalue weighted by Crippen LogP contribution is -2.09. The van der Waals surface area contributed by atoms with Gasteiger partial charge in [-0.05, 0) is 36.5 Å². The molecule has 3 nitrogen and oxygen atoms in total. The summed E-state index contributed by atoms with van der Waals surface area (Å²) in [6.07, 6.45) is 3.49. The van der Waals surface area contributed by atoms with E-state index in [1.54, 1.807) is 0 Å². The smallest absolute Gasteiger partial charge is 0.341 e. The average molecular weight is 236 g/mol. The van der Waals surface area contributed by atoms with Gasteiger partial charge >= 0.3 is 5.97 Å². The highest BCUT2D eigenvalue weighted by Gasteiger charge is 2.08. The van der Waals surface area contributed by atoms with E-state index in [-0.39, 0.29) is 6.61 Å². The molecule has 1 unspecified atom stereocenters. The van der Waals surface area contributed by atoms with E-state index in [1.165, 1.54) is 18.4 Å². The number of carbonyl (C=O) groups is 1. The van der Waals surface area contributed by atoms with Crippen molar-refractivity contribution in [2.45, 2.75) is 39.0 Å². The Morgan fingerprint density at radius 1 is 1.29 bits per heavy atom. The normalized spacial score (nSPS) is 12.1. The number of ether oxygens (including phenoxy) is 1. The molecule has 94 valence electrons. The summed E-state index contributed by atoms with van der Waals surface area (Å²) in [6.45, 7) is 4.09. The van der Waals surface area contributed by atoms with Crippen LogP contribution in [0.5, 0.6) is 5.75 Å². The third kappa shape index (κ3) is 4.47. The molecule has 1 aromatic rings. The van der Waals surface area contributed by atoms with E-state index in [2.05, 4.69) is 13.8 Å². The molecule has 1 atom stereocenters. The molecule has 0 spiro atoms. The second-order valence-electron chi connectivity index (χ2n) is 4.15. The minimum atomic E-state index is -0.952. The fraction of sp³-hybridized carbons (Fsp3) is 0.500. The highest BCUT2D eigenvalue weighted by atomic mass is 16.5. The fourth-order valence-electron chi connectivity index (χ4n) is 1.94. The molecule has 0 fully saturated rings. The summed E-state index contributed by atoms with van der Waals surface area (Å²) in [5.74, 6) is 0.252. The van der Waals surface area contributed by atoms with E-state index < -0.39 is 5.97 Å². The summed E-state index contributed by atoms with van der Waals surface area (Å²) in [4.78, 5) is 10.4. The van der Waals surface area contributed by atoms with Crippen LogP contribution >= 0.6 is 0 Å². The maximum absolute atomic E-state index is 10.4. The molecule has 1 N–H and O–H groups in total. The Morgan fingerprint density at radius 3 is 2.41 bits per heavy atom. The predicted octanol–water partition coefficient (Wildman–Crippen LogP) is 3.44. The van der Waals surface area contributed by atoms with Crippen molar-refractivity contribution in [1.82, 2.24) is 0 Å². The molecule has 0 aliphatic rings. The molecule has 0 saturated carbocycles. The van der Waals surface area contributed by atoms with Crippen LogP contribution in [0.4, 0.5) is 0 Å². The van der Waals surface area contributed by atoms with E-state index >= 15 is 0 Å². The number of hydrogen-bond donors (Lipinski definition) is 1. The summed E-state index contributed by atoms with van der Waals surface area (Å²) < 4.78 is 5.10. The van der Waals surface area contributed by atoms with Gasteiger partial charge in [0.05, 0.1) is 0 Å². The minimum Gasteiger partial charge on any atom is -0.482 e. The summed E-state index contributed by atoms with van der Waals surface area (Å²) in [6, 6.07) is 7.75. The zero-order chi connectivity index (χ0) is 12.7. The summed E-state index contributed by atoms with van der Waals surface area (Å²) in [5.41, 5.74) is 1.30. The topological polar surface area (TPSA) is 46.5 Å². The average Bonchev–Trinajstić information content (AvgIpc) is 2.34. The molecule has 3 heteroatoms. The lowest BCUT2D eigenvalue weighted by Gasteiger charge is -2.14. The van der Waals surface area contributed by atoms with E-state index in [1.807, 2.05) is 24.3 Å². The van der Waals surface area contributed by atoms with Crippen LogP contribution in [0.25, 0.3) is 0 Å². The number of benzene rings is 1. The van der Waals surface area contributed by atoms with Gasteiger partial charge in [0.15, 0.2) is 6.61 Å². The largest absolute Gasteiger partial charge is 0.482 e. The van der Waals surface area contributed by atoms with Crippen LogP contribution in [0.2, 0.25) is 0 Å². The lowest BCUT2D eigenvalue weighted by atomic mass is 9.92. The molecular weight excluding hydrogens is 216 g/mol. The summed E-state index contributed by atoms with van der Waals surface area (Å²) in [7, 11) is 0. The molecule has 0 saturated heterocycles. The van der Waals surface area contributed by atoms with Crippen molar-refractivity contribution in [1.29, 1.82) is 0 Å². The molecule has 0 aromatic heterocycles.